The van der Waals surface area contributed by atoms with Gasteiger partial charge in [-0.2, -0.15) is 0 Å². The number of hydrogen-bond acceptors (Lipinski definition) is 4. The normalized spacial score (nSPS) is 11.6. The summed E-state index contributed by atoms with van der Waals surface area (Å²) in [5.41, 5.74) is 2.30. The maximum Gasteiger partial charge on any atom is 0.352 e. The molecule has 0 aliphatic rings. The van der Waals surface area contributed by atoms with Gasteiger partial charge in [-0.25, -0.2) is 4.79 Å². The Labute approximate surface area is 130 Å². The van der Waals surface area contributed by atoms with Gasteiger partial charge in [0.05, 0.1) is 7.11 Å². The quantitative estimate of drug-likeness (QED) is 0.624. The minimum Gasteiger partial charge on any atom is -0.497 e. The molecule has 0 aliphatic heterocycles. The first-order valence-corrected chi connectivity index (χ1v) is 7.09. The average Bonchev–Trinajstić information content (AvgIpc) is 2.51. The lowest BCUT2D eigenvalue weighted by Crippen LogP contribution is -2.28. The van der Waals surface area contributed by atoms with Gasteiger partial charge in [-0.1, -0.05) is 6.07 Å². The molecule has 2 aromatic carbocycles. The van der Waals surface area contributed by atoms with E-state index in [4.69, 9.17) is 14.2 Å². The highest BCUT2D eigenvalue weighted by Crippen LogP contribution is 2.20. The van der Waals surface area contributed by atoms with Crippen molar-refractivity contribution >= 4 is 5.97 Å². The molecule has 0 spiro atoms. The molecule has 0 unspecified atom stereocenters. The molecule has 0 heterocycles. The summed E-state index contributed by atoms with van der Waals surface area (Å²) in [6.07, 6.45) is -0.691. The Morgan fingerprint density at radius 2 is 1.50 bits per heavy atom. The Bertz CT molecular complexity index is 647. The van der Waals surface area contributed by atoms with Gasteiger partial charge in [-0.05, 0) is 68.3 Å². The van der Waals surface area contributed by atoms with Crippen LogP contribution in [0.3, 0.4) is 0 Å². The molecule has 0 saturated heterocycles. The van der Waals surface area contributed by atoms with E-state index in [9.17, 15) is 4.79 Å². The molecule has 0 aliphatic carbocycles. The molecule has 0 amide bonds. The summed E-state index contributed by atoms with van der Waals surface area (Å²) in [6.45, 7) is 5.70. The first-order chi connectivity index (χ1) is 10.5. The van der Waals surface area contributed by atoms with Crippen molar-refractivity contribution in [2.24, 2.45) is 0 Å². The van der Waals surface area contributed by atoms with Crippen molar-refractivity contribution < 1.29 is 19.0 Å². The van der Waals surface area contributed by atoms with E-state index >= 15 is 0 Å². The fourth-order valence-corrected chi connectivity index (χ4v) is 1.88. The average molecular weight is 300 g/mol. The number of aryl methyl sites for hydroxylation is 2. The molecule has 22 heavy (non-hydrogen) atoms. The van der Waals surface area contributed by atoms with E-state index in [1.807, 2.05) is 32.0 Å². The molecule has 0 fully saturated rings. The van der Waals surface area contributed by atoms with Crippen LogP contribution >= 0.6 is 0 Å². The van der Waals surface area contributed by atoms with Crippen LogP contribution in [0.25, 0.3) is 0 Å². The Morgan fingerprint density at radius 3 is 2.09 bits per heavy atom. The molecule has 0 radical (unpaired) electrons. The second-order valence-electron chi connectivity index (χ2n) is 5.10. The van der Waals surface area contributed by atoms with Crippen molar-refractivity contribution in [3.63, 3.8) is 0 Å². The van der Waals surface area contributed by atoms with Gasteiger partial charge in [0.2, 0.25) is 0 Å². The highest BCUT2D eigenvalue weighted by Gasteiger charge is 2.17. The molecule has 2 rings (SSSR count). The van der Waals surface area contributed by atoms with E-state index in [0.29, 0.717) is 17.2 Å². The molecule has 1 atom stereocenters. The minimum atomic E-state index is -0.691. The fraction of sp³-hybridized carbons (Fsp3) is 0.278. The van der Waals surface area contributed by atoms with E-state index in [1.54, 1.807) is 38.3 Å². The number of ether oxygens (including phenoxy) is 3. The Hall–Kier alpha value is -2.49. The van der Waals surface area contributed by atoms with E-state index in [-0.39, 0.29) is 0 Å². The van der Waals surface area contributed by atoms with Crippen molar-refractivity contribution in [1.82, 2.24) is 0 Å². The molecular weight excluding hydrogens is 280 g/mol. The lowest BCUT2D eigenvalue weighted by atomic mass is 10.1. The standard InChI is InChI=1S/C18H20O4/c1-12-5-6-17(11-13(12)2)21-14(3)18(19)22-16-9-7-15(20-4)8-10-16/h5-11,14H,1-4H3/t14-/m0/s1. The topological polar surface area (TPSA) is 44.8 Å². The van der Waals surface area contributed by atoms with E-state index < -0.39 is 12.1 Å². The number of hydrogen-bond donors (Lipinski definition) is 0. The van der Waals surface area contributed by atoms with Crippen LogP contribution in [0.4, 0.5) is 0 Å². The van der Waals surface area contributed by atoms with Gasteiger partial charge in [0.15, 0.2) is 6.10 Å². The SMILES string of the molecule is COc1ccc(OC(=O)[C@H](C)Oc2ccc(C)c(C)c2)cc1. The summed E-state index contributed by atoms with van der Waals surface area (Å²) >= 11 is 0. The predicted molar refractivity (Wildman–Crippen MR) is 84.6 cm³/mol. The summed E-state index contributed by atoms with van der Waals surface area (Å²) in [4.78, 5) is 12.0. The predicted octanol–water partition coefficient (Wildman–Crippen LogP) is 3.68. The highest BCUT2D eigenvalue weighted by molar-refractivity contribution is 5.77. The van der Waals surface area contributed by atoms with Gasteiger partial charge in [-0.15, -0.1) is 0 Å². The number of methoxy groups -OCH3 is 1. The first-order valence-electron chi connectivity index (χ1n) is 7.09. The second-order valence-corrected chi connectivity index (χ2v) is 5.10. The molecule has 0 saturated carbocycles. The van der Waals surface area contributed by atoms with Crippen LogP contribution in [-0.4, -0.2) is 19.2 Å². The third kappa shape index (κ3) is 4.01. The largest absolute Gasteiger partial charge is 0.497 e. The lowest BCUT2D eigenvalue weighted by Gasteiger charge is -2.15. The summed E-state index contributed by atoms with van der Waals surface area (Å²) in [6, 6.07) is 12.5. The lowest BCUT2D eigenvalue weighted by molar-refractivity contribution is -0.141. The number of benzene rings is 2. The van der Waals surface area contributed by atoms with Crippen molar-refractivity contribution in [2.45, 2.75) is 26.9 Å². The summed E-state index contributed by atoms with van der Waals surface area (Å²) < 4.78 is 16.0. The van der Waals surface area contributed by atoms with Crippen molar-refractivity contribution in [3.8, 4) is 17.2 Å². The van der Waals surface area contributed by atoms with Gasteiger partial charge in [0.25, 0.3) is 0 Å². The maximum absolute atomic E-state index is 12.0. The van der Waals surface area contributed by atoms with Crippen LogP contribution in [0.15, 0.2) is 42.5 Å². The highest BCUT2D eigenvalue weighted by atomic mass is 16.6. The van der Waals surface area contributed by atoms with Crippen LogP contribution in [0.1, 0.15) is 18.1 Å². The van der Waals surface area contributed by atoms with Crippen LogP contribution < -0.4 is 14.2 Å². The van der Waals surface area contributed by atoms with Gasteiger partial charge in [-0.3, -0.25) is 0 Å². The molecule has 4 heteroatoms. The third-order valence-corrected chi connectivity index (χ3v) is 3.40. The first kappa shape index (κ1) is 15.9. The maximum atomic E-state index is 12.0. The Kier molecular flexibility index (Phi) is 5.04. The van der Waals surface area contributed by atoms with E-state index in [1.165, 1.54) is 5.56 Å². The molecule has 0 N–H and O–H groups in total. The summed E-state index contributed by atoms with van der Waals surface area (Å²) in [5.74, 6) is 1.38. The number of rotatable bonds is 5. The van der Waals surface area contributed by atoms with Gasteiger partial charge < -0.3 is 14.2 Å². The number of carbonyl (C=O) groups is 1. The zero-order valence-electron chi connectivity index (χ0n) is 13.3. The number of esters is 1. The second kappa shape index (κ2) is 6.98. The van der Waals surface area contributed by atoms with E-state index in [2.05, 4.69) is 0 Å². The van der Waals surface area contributed by atoms with E-state index in [0.717, 1.165) is 5.56 Å². The van der Waals surface area contributed by atoms with Gasteiger partial charge in [0.1, 0.15) is 17.2 Å². The molecule has 2 aromatic rings. The van der Waals surface area contributed by atoms with Crippen molar-refractivity contribution in [2.75, 3.05) is 7.11 Å². The third-order valence-electron chi connectivity index (χ3n) is 3.40. The number of carbonyl (C=O) groups excluding carboxylic acids is 1. The van der Waals surface area contributed by atoms with Gasteiger partial charge in [0, 0.05) is 0 Å². The molecule has 4 nitrogen and oxygen atoms in total. The molecule has 116 valence electrons. The summed E-state index contributed by atoms with van der Waals surface area (Å²) in [5, 5.41) is 0. The van der Waals surface area contributed by atoms with Crippen LogP contribution in [0, 0.1) is 13.8 Å². The molecular formula is C18H20O4. The fourth-order valence-electron chi connectivity index (χ4n) is 1.88. The van der Waals surface area contributed by atoms with Gasteiger partial charge >= 0.3 is 5.97 Å². The summed E-state index contributed by atoms with van der Waals surface area (Å²) in [7, 11) is 1.58. The van der Waals surface area contributed by atoms with Crippen molar-refractivity contribution in [3.05, 3.63) is 53.6 Å². The zero-order valence-corrected chi connectivity index (χ0v) is 13.3. The van der Waals surface area contributed by atoms with Crippen LogP contribution in [0.2, 0.25) is 0 Å². The van der Waals surface area contributed by atoms with Crippen LogP contribution in [-0.2, 0) is 4.79 Å². The minimum absolute atomic E-state index is 0.441. The Morgan fingerprint density at radius 1 is 0.909 bits per heavy atom. The zero-order chi connectivity index (χ0) is 16.1. The molecule has 0 bridgehead atoms. The smallest absolute Gasteiger partial charge is 0.352 e. The molecule has 0 aromatic heterocycles. The van der Waals surface area contributed by atoms with Crippen molar-refractivity contribution in [1.29, 1.82) is 0 Å². The van der Waals surface area contributed by atoms with Crippen LogP contribution in [0.5, 0.6) is 17.2 Å². The monoisotopic (exact) mass is 300 g/mol. The Balaban J connectivity index is 1.97.